The van der Waals surface area contributed by atoms with Gasteiger partial charge in [-0.3, -0.25) is 4.79 Å². The Morgan fingerprint density at radius 2 is 1.88 bits per heavy atom. The third-order valence-electron chi connectivity index (χ3n) is 4.05. The fourth-order valence-electron chi connectivity index (χ4n) is 2.70. The highest BCUT2D eigenvalue weighted by Crippen LogP contribution is 2.26. The first-order chi connectivity index (χ1) is 12.1. The monoisotopic (exact) mass is 359 g/mol. The van der Waals surface area contributed by atoms with Gasteiger partial charge in [0, 0.05) is 19.3 Å². The molecule has 0 atom stereocenters. The molecule has 130 valence electrons. The van der Waals surface area contributed by atoms with Crippen molar-refractivity contribution in [2.24, 2.45) is 0 Å². The van der Waals surface area contributed by atoms with Crippen LogP contribution in [0.5, 0.6) is 0 Å². The smallest absolute Gasteiger partial charge is 0.337 e. The van der Waals surface area contributed by atoms with Gasteiger partial charge in [0.25, 0.3) is 5.91 Å². The summed E-state index contributed by atoms with van der Waals surface area (Å²) >= 11 is 6.16. The van der Waals surface area contributed by atoms with E-state index >= 15 is 0 Å². The van der Waals surface area contributed by atoms with Crippen molar-refractivity contribution in [1.82, 2.24) is 9.88 Å². The number of pyridine rings is 1. The number of amides is 1. The molecule has 2 heterocycles. The largest absolute Gasteiger partial charge is 0.465 e. The quantitative estimate of drug-likeness (QED) is 0.846. The average Bonchev–Trinajstić information content (AvgIpc) is 3.17. The number of ether oxygens (including phenoxy) is 1. The maximum atomic E-state index is 12.3. The number of aromatic nitrogens is 1. The number of hydrogen-bond donors (Lipinski definition) is 1. The van der Waals surface area contributed by atoms with Gasteiger partial charge in [-0.15, -0.1) is 0 Å². The third kappa shape index (κ3) is 3.91. The second kappa shape index (κ2) is 7.53. The molecule has 1 N–H and O–H groups in total. The lowest BCUT2D eigenvalue weighted by atomic mass is 10.2. The molecule has 1 aromatic carbocycles. The Morgan fingerprint density at radius 1 is 1.16 bits per heavy atom. The number of anilines is 2. The van der Waals surface area contributed by atoms with Crippen LogP contribution in [0.1, 0.15) is 33.6 Å². The minimum Gasteiger partial charge on any atom is -0.465 e. The highest BCUT2D eigenvalue weighted by atomic mass is 35.5. The molecule has 1 aromatic heterocycles. The van der Waals surface area contributed by atoms with Crippen LogP contribution in [0.3, 0.4) is 0 Å². The molecule has 7 heteroatoms. The first-order valence-electron chi connectivity index (χ1n) is 7.98. The number of halogens is 1. The molecule has 6 nitrogen and oxygen atoms in total. The molecule has 1 fully saturated rings. The zero-order valence-corrected chi connectivity index (χ0v) is 14.5. The maximum absolute atomic E-state index is 12.3. The van der Waals surface area contributed by atoms with Crippen molar-refractivity contribution in [3.63, 3.8) is 0 Å². The van der Waals surface area contributed by atoms with Crippen LogP contribution < -0.4 is 5.32 Å². The Kier molecular flexibility index (Phi) is 5.19. The number of nitrogens with one attached hydrogen (secondary N) is 1. The average molecular weight is 360 g/mol. The van der Waals surface area contributed by atoms with Gasteiger partial charge in [0.2, 0.25) is 0 Å². The molecular formula is C18H18ClN3O3. The number of methoxy groups -OCH3 is 1. The molecule has 2 aromatic rings. The van der Waals surface area contributed by atoms with Gasteiger partial charge in [-0.25, -0.2) is 9.78 Å². The zero-order valence-electron chi connectivity index (χ0n) is 13.8. The fourth-order valence-corrected chi connectivity index (χ4v) is 2.87. The van der Waals surface area contributed by atoms with Gasteiger partial charge in [-0.1, -0.05) is 11.6 Å². The minimum atomic E-state index is -0.445. The molecule has 1 amide bonds. The summed E-state index contributed by atoms with van der Waals surface area (Å²) in [5, 5.41) is 3.50. The number of carbonyl (C=O) groups excluding carboxylic acids is 2. The van der Waals surface area contributed by atoms with Crippen LogP contribution in [0.2, 0.25) is 5.02 Å². The van der Waals surface area contributed by atoms with Gasteiger partial charge >= 0.3 is 5.97 Å². The number of hydrogen-bond acceptors (Lipinski definition) is 5. The molecule has 0 unspecified atom stereocenters. The van der Waals surface area contributed by atoms with E-state index in [-0.39, 0.29) is 5.91 Å². The number of carbonyl (C=O) groups is 2. The van der Waals surface area contributed by atoms with E-state index in [0.29, 0.717) is 27.7 Å². The summed E-state index contributed by atoms with van der Waals surface area (Å²) in [6, 6.07) is 8.24. The van der Waals surface area contributed by atoms with Crippen molar-refractivity contribution in [2.75, 3.05) is 25.5 Å². The predicted octanol–water partition coefficient (Wildman–Crippen LogP) is 3.50. The lowest BCUT2D eigenvalue weighted by Crippen LogP contribution is -2.27. The Bertz CT molecular complexity index is 787. The highest BCUT2D eigenvalue weighted by molar-refractivity contribution is 6.33. The number of nitrogens with zero attached hydrogens (tertiary/aromatic N) is 2. The number of rotatable bonds is 4. The van der Waals surface area contributed by atoms with Crippen LogP contribution in [-0.4, -0.2) is 42.0 Å². The van der Waals surface area contributed by atoms with Crippen LogP contribution in [0.25, 0.3) is 0 Å². The Balaban J connectivity index is 1.75. The van der Waals surface area contributed by atoms with Crippen molar-refractivity contribution in [2.45, 2.75) is 12.8 Å². The molecule has 1 saturated heterocycles. The summed E-state index contributed by atoms with van der Waals surface area (Å²) in [6.07, 6.45) is 3.64. The summed E-state index contributed by atoms with van der Waals surface area (Å²) in [5.74, 6) is 0.0865. The fraction of sp³-hybridized carbons (Fsp3) is 0.278. The van der Waals surface area contributed by atoms with E-state index in [2.05, 4.69) is 10.3 Å². The Morgan fingerprint density at radius 3 is 2.52 bits per heavy atom. The van der Waals surface area contributed by atoms with Gasteiger partial charge in [-0.05, 0) is 43.2 Å². The van der Waals surface area contributed by atoms with Gasteiger partial charge in [0.05, 0.1) is 28.9 Å². The van der Waals surface area contributed by atoms with Gasteiger partial charge < -0.3 is 15.0 Å². The van der Waals surface area contributed by atoms with Crippen LogP contribution in [0, 0.1) is 0 Å². The summed E-state index contributed by atoms with van der Waals surface area (Å²) in [4.78, 5) is 30.0. The standard InChI is InChI=1S/C18H18ClN3O3/c1-25-18(24)12-4-6-14(19)15(10-12)21-16-7-5-13(11-20-16)17(23)22-8-2-3-9-22/h4-7,10-11H,2-3,8-9H2,1H3,(H,20,21). The van der Waals surface area contributed by atoms with E-state index in [4.69, 9.17) is 16.3 Å². The lowest BCUT2D eigenvalue weighted by Gasteiger charge is -2.15. The van der Waals surface area contributed by atoms with E-state index in [1.54, 1.807) is 36.5 Å². The minimum absolute atomic E-state index is 0.00210. The van der Waals surface area contributed by atoms with Crippen LogP contribution in [-0.2, 0) is 4.74 Å². The number of likely N-dealkylation sites (tertiary alicyclic amines) is 1. The van der Waals surface area contributed by atoms with Gasteiger partial charge in [0.15, 0.2) is 0 Å². The summed E-state index contributed by atoms with van der Waals surface area (Å²) in [6.45, 7) is 1.60. The predicted molar refractivity (Wildman–Crippen MR) is 95.4 cm³/mol. The van der Waals surface area contributed by atoms with E-state index in [1.165, 1.54) is 7.11 Å². The Labute approximate surface area is 150 Å². The first kappa shape index (κ1) is 17.2. The summed E-state index contributed by atoms with van der Waals surface area (Å²) in [5.41, 5.74) is 1.48. The molecular weight excluding hydrogens is 342 g/mol. The molecule has 0 spiro atoms. The number of esters is 1. The molecule has 1 aliphatic rings. The third-order valence-corrected chi connectivity index (χ3v) is 4.38. The number of benzene rings is 1. The van der Waals surface area contributed by atoms with E-state index in [9.17, 15) is 9.59 Å². The second-order valence-electron chi connectivity index (χ2n) is 5.74. The van der Waals surface area contributed by atoms with Gasteiger partial charge in [0.1, 0.15) is 5.82 Å². The van der Waals surface area contributed by atoms with Crippen molar-refractivity contribution in [1.29, 1.82) is 0 Å². The molecule has 25 heavy (non-hydrogen) atoms. The second-order valence-corrected chi connectivity index (χ2v) is 6.15. The van der Waals surface area contributed by atoms with Gasteiger partial charge in [-0.2, -0.15) is 0 Å². The van der Waals surface area contributed by atoms with Crippen molar-refractivity contribution in [3.8, 4) is 0 Å². The molecule has 0 bridgehead atoms. The molecule has 0 aliphatic carbocycles. The van der Waals surface area contributed by atoms with Crippen LogP contribution in [0.15, 0.2) is 36.5 Å². The topological polar surface area (TPSA) is 71.5 Å². The van der Waals surface area contributed by atoms with Crippen LogP contribution in [0.4, 0.5) is 11.5 Å². The SMILES string of the molecule is COC(=O)c1ccc(Cl)c(Nc2ccc(C(=O)N3CCCC3)cn2)c1. The molecule has 0 saturated carbocycles. The normalized spacial score (nSPS) is 13.6. The summed E-state index contributed by atoms with van der Waals surface area (Å²) in [7, 11) is 1.32. The summed E-state index contributed by atoms with van der Waals surface area (Å²) < 4.78 is 4.70. The van der Waals surface area contributed by atoms with Crippen molar-refractivity contribution in [3.05, 3.63) is 52.7 Å². The lowest BCUT2D eigenvalue weighted by molar-refractivity contribution is 0.0600. The first-order valence-corrected chi connectivity index (χ1v) is 8.36. The van der Waals surface area contributed by atoms with E-state index in [1.807, 2.05) is 4.90 Å². The molecule has 1 aliphatic heterocycles. The Hall–Kier alpha value is -2.60. The molecule has 3 rings (SSSR count). The van der Waals surface area contributed by atoms with Crippen LogP contribution >= 0.6 is 11.6 Å². The zero-order chi connectivity index (χ0) is 17.8. The highest BCUT2D eigenvalue weighted by Gasteiger charge is 2.19. The molecule has 0 radical (unpaired) electrons. The van der Waals surface area contributed by atoms with Crippen molar-refractivity contribution >= 4 is 35.0 Å². The van der Waals surface area contributed by atoms with E-state index < -0.39 is 5.97 Å². The maximum Gasteiger partial charge on any atom is 0.337 e. The van der Waals surface area contributed by atoms with Crippen molar-refractivity contribution < 1.29 is 14.3 Å². The van der Waals surface area contributed by atoms with E-state index in [0.717, 1.165) is 25.9 Å².